The van der Waals surface area contributed by atoms with Crippen molar-refractivity contribution in [1.82, 2.24) is 15.0 Å². The number of benzene rings is 1. The molecule has 2 rings (SSSR count). The van der Waals surface area contributed by atoms with Gasteiger partial charge in [0.2, 0.25) is 5.91 Å². The van der Waals surface area contributed by atoms with E-state index in [0.717, 1.165) is 0 Å². The summed E-state index contributed by atoms with van der Waals surface area (Å²) in [4.78, 5) is 11.7. The van der Waals surface area contributed by atoms with Crippen LogP contribution in [0.3, 0.4) is 0 Å². The van der Waals surface area contributed by atoms with Gasteiger partial charge in [0.25, 0.3) is 0 Å². The molecule has 0 unspecified atom stereocenters. The van der Waals surface area contributed by atoms with Crippen molar-refractivity contribution in [2.75, 3.05) is 11.1 Å². The van der Waals surface area contributed by atoms with E-state index in [-0.39, 0.29) is 18.3 Å². The van der Waals surface area contributed by atoms with Crippen LogP contribution < -0.4 is 11.1 Å². The van der Waals surface area contributed by atoms with Crippen molar-refractivity contribution < 1.29 is 4.79 Å². The molecule has 0 saturated heterocycles. The number of hydrogen-bond acceptors (Lipinski definition) is 4. The first-order valence-corrected chi connectivity index (χ1v) is 5.70. The zero-order valence-electron chi connectivity index (χ0n) is 9.10. The third-order valence-electron chi connectivity index (χ3n) is 2.01. The fourth-order valence-corrected chi connectivity index (χ4v) is 1.89. The number of nitrogens with one attached hydrogen (secondary N) is 1. The van der Waals surface area contributed by atoms with E-state index in [2.05, 4.69) is 15.6 Å². The monoisotopic (exact) mass is 285 g/mol. The number of nitrogen functional groups attached to an aromatic ring is 1. The van der Waals surface area contributed by atoms with Crippen LogP contribution >= 0.6 is 23.2 Å². The molecule has 0 aliphatic rings. The number of amides is 1. The number of rotatable bonds is 3. The normalized spacial score (nSPS) is 10.3. The predicted molar refractivity (Wildman–Crippen MR) is 69.5 cm³/mol. The summed E-state index contributed by atoms with van der Waals surface area (Å²) in [5.74, 6) is -0.0215. The van der Waals surface area contributed by atoms with Gasteiger partial charge in [0.15, 0.2) is 5.82 Å². The lowest BCUT2D eigenvalue weighted by atomic mass is 10.3. The zero-order valence-corrected chi connectivity index (χ0v) is 10.6. The van der Waals surface area contributed by atoms with Crippen LogP contribution in [0.1, 0.15) is 0 Å². The number of halogens is 2. The molecule has 1 aromatic carbocycles. The Morgan fingerprint density at radius 1 is 1.33 bits per heavy atom. The van der Waals surface area contributed by atoms with Gasteiger partial charge in [-0.15, -0.1) is 5.10 Å². The number of carbonyl (C=O) groups is 1. The Labute approximate surface area is 113 Å². The molecular weight excluding hydrogens is 277 g/mol. The standard InChI is InChI=1S/C10H9Cl2N5O/c11-6-1-7(12)3-8(2-6)14-10(18)5-17-4-9(13)15-16-17/h1-4H,5,13H2,(H,14,18). The van der Waals surface area contributed by atoms with E-state index in [1.807, 2.05) is 0 Å². The highest BCUT2D eigenvalue weighted by atomic mass is 35.5. The maximum absolute atomic E-state index is 11.7. The van der Waals surface area contributed by atoms with Crippen LogP contribution in [-0.2, 0) is 11.3 Å². The third-order valence-corrected chi connectivity index (χ3v) is 2.44. The average Bonchev–Trinajstić information content (AvgIpc) is 2.61. The number of anilines is 2. The van der Waals surface area contributed by atoms with E-state index in [1.54, 1.807) is 18.2 Å². The molecule has 8 heteroatoms. The summed E-state index contributed by atoms with van der Waals surface area (Å²) in [5, 5.41) is 10.8. The molecule has 0 aliphatic heterocycles. The van der Waals surface area contributed by atoms with E-state index in [0.29, 0.717) is 15.7 Å². The first-order valence-electron chi connectivity index (χ1n) is 4.94. The highest BCUT2D eigenvalue weighted by Crippen LogP contribution is 2.22. The first-order chi connectivity index (χ1) is 8.52. The molecule has 0 bridgehead atoms. The molecular formula is C10H9Cl2N5O. The van der Waals surface area contributed by atoms with Gasteiger partial charge in [0.1, 0.15) is 6.54 Å². The molecule has 94 valence electrons. The third kappa shape index (κ3) is 3.35. The van der Waals surface area contributed by atoms with Crippen molar-refractivity contribution in [1.29, 1.82) is 0 Å². The van der Waals surface area contributed by atoms with Crippen molar-refractivity contribution in [3.63, 3.8) is 0 Å². The minimum atomic E-state index is -0.279. The fraction of sp³-hybridized carbons (Fsp3) is 0.100. The van der Waals surface area contributed by atoms with Gasteiger partial charge in [-0.3, -0.25) is 4.79 Å². The van der Waals surface area contributed by atoms with Crippen molar-refractivity contribution in [2.45, 2.75) is 6.54 Å². The van der Waals surface area contributed by atoms with E-state index in [4.69, 9.17) is 28.9 Å². The largest absolute Gasteiger partial charge is 0.381 e. The molecule has 1 heterocycles. The Morgan fingerprint density at radius 2 is 2.00 bits per heavy atom. The number of hydrogen-bond donors (Lipinski definition) is 2. The molecule has 0 fully saturated rings. The fourth-order valence-electron chi connectivity index (χ4n) is 1.36. The Hall–Kier alpha value is -1.79. The molecule has 0 saturated carbocycles. The maximum Gasteiger partial charge on any atom is 0.246 e. The minimum Gasteiger partial charge on any atom is -0.381 e. The van der Waals surface area contributed by atoms with Crippen molar-refractivity contribution in [3.8, 4) is 0 Å². The maximum atomic E-state index is 11.7. The van der Waals surface area contributed by atoms with E-state index in [1.165, 1.54) is 10.9 Å². The SMILES string of the molecule is Nc1cn(CC(=O)Nc2cc(Cl)cc(Cl)c2)nn1. The highest BCUT2D eigenvalue weighted by Gasteiger charge is 2.06. The van der Waals surface area contributed by atoms with Gasteiger partial charge in [0, 0.05) is 15.7 Å². The summed E-state index contributed by atoms with van der Waals surface area (Å²) >= 11 is 11.6. The van der Waals surface area contributed by atoms with Crippen molar-refractivity contribution in [2.24, 2.45) is 0 Å². The smallest absolute Gasteiger partial charge is 0.246 e. The summed E-state index contributed by atoms with van der Waals surface area (Å²) in [5.41, 5.74) is 5.90. The van der Waals surface area contributed by atoms with Gasteiger partial charge in [-0.2, -0.15) is 0 Å². The van der Waals surface area contributed by atoms with E-state index in [9.17, 15) is 4.79 Å². The molecule has 18 heavy (non-hydrogen) atoms. The Bertz CT molecular complexity index is 563. The molecule has 1 amide bonds. The second-order valence-corrected chi connectivity index (χ2v) is 4.42. The number of nitrogens with zero attached hydrogens (tertiary/aromatic N) is 3. The van der Waals surface area contributed by atoms with Crippen LogP contribution in [0, 0.1) is 0 Å². The van der Waals surface area contributed by atoms with Crippen LogP contribution in [0.15, 0.2) is 24.4 Å². The second kappa shape index (κ2) is 5.24. The second-order valence-electron chi connectivity index (χ2n) is 3.55. The number of aromatic nitrogens is 3. The molecule has 0 spiro atoms. The topological polar surface area (TPSA) is 85.8 Å². The molecule has 0 atom stereocenters. The van der Waals surface area contributed by atoms with Crippen molar-refractivity contribution >= 4 is 40.6 Å². The number of nitrogens with two attached hydrogens (primary N) is 1. The van der Waals surface area contributed by atoms with Crippen LogP contribution in [0.4, 0.5) is 11.5 Å². The Kier molecular flexibility index (Phi) is 3.69. The Morgan fingerprint density at radius 3 is 2.56 bits per heavy atom. The van der Waals surface area contributed by atoms with E-state index >= 15 is 0 Å². The van der Waals surface area contributed by atoms with E-state index < -0.39 is 0 Å². The van der Waals surface area contributed by atoms with Gasteiger partial charge in [-0.05, 0) is 18.2 Å². The van der Waals surface area contributed by atoms with Crippen LogP contribution in [0.2, 0.25) is 10.0 Å². The Balaban J connectivity index is 2.02. The van der Waals surface area contributed by atoms with Crippen molar-refractivity contribution in [3.05, 3.63) is 34.4 Å². The number of carbonyl (C=O) groups excluding carboxylic acids is 1. The first kappa shape index (κ1) is 12.7. The molecule has 6 nitrogen and oxygen atoms in total. The van der Waals surface area contributed by atoms with Crippen LogP contribution in [0.25, 0.3) is 0 Å². The van der Waals surface area contributed by atoms with Crippen LogP contribution in [0.5, 0.6) is 0 Å². The summed E-state index contributed by atoms with van der Waals surface area (Å²) in [6.07, 6.45) is 1.46. The summed E-state index contributed by atoms with van der Waals surface area (Å²) < 4.78 is 1.33. The van der Waals surface area contributed by atoms with Gasteiger partial charge in [-0.1, -0.05) is 28.4 Å². The molecule has 0 aliphatic carbocycles. The van der Waals surface area contributed by atoms with Gasteiger partial charge in [-0.25, -0.2) is 4.68 Å². The summed E-state index contributed by atoms with van der Waals surface area (Å²) in [7, 11) is 0. The molecule has 0 radical (unpaired) electrons. The van der Waals surface area contributed by atoms with Gasteiger partial charge < -0.3 is 11.1 Å². The minimum absolute atomic E-state index is 0.00827. The quantitative estimate of drug-likeness (QED) is 0.901. The van der Waals surface area contributed by atoms with Gasteiger partial charge in [0.05, 0.1) is 6.20 Å². The average molecular weight is 286 g/mol. The molecule has 3 N–H and O–H groups in total. The molecule has 1 aromatic heterocycles. The predicted octanol–water partition coefficient (Wildman–Crippen LogP) is 1.81. The summed E-state index contributed by atoms with van der Waals surface area (Å²) in [6, 6.07) is 4.78. The molecule has 2 aromatic rings. The highest BCUT2D eigenvalue weighted by molar-refractivity contribution is 6.35. The zero-order chi connectivity index (χ0) is 13.1. The lowest BCUT2D eigenvalue weighted by Gasteiger charge is -2.06. The van der Waals surface area contributed by atoms with Crippen LogP contribution in [-0.4, -0.2) is 20.9 Å². The lowest BCUT2D eigenvalue weighted by molar-refractivity contribution is -0.116. The van der Waals surface area contributed by atoms with Gasteiger partial charge >= 0.3 is 0 Å². The summed E-state index contributed by atoms with van der Waals surface area (Å²) in [6.45, 7) is 0.00827. The lowest BCUT2D eigenvalue weighted by Crippen LogP contribution is -2.19.